The van der Waals surface area contributed by atoms with E-state index in [9.17, 15) is 21.6 Å². The van der Waals surface area contributed by atoms with Crippen LogP contribution in [0.1, 0.15) is 20.8 Å². The third-order valence-electron chi connectivity index (χ3n) is 4.96. The molecule has 194 valence electrons. The third-order valence-corrected chi connectivity index (χ3v) is 8.53. The number of carbonyl (C=O) groups excluding carboxylic acids is 1. The first-order chi connectivity index (χ1) is 16.8. The van der Waals surface area contributed by atoms with Crippen molar-refractivity contribution in [1.29, 1.82) is 0 Å². The van der Waals surface area contributed by atoms with Gasteiger partial charge in [-0.2, -0.15) is 0 Å². The molecule has 0 aliphatic carbocycles. The Labute approximate surface area is 211 Å². The zero-order valence-electron chi connectivity index (χ0n) is 20.5. The number of sulfonamides is 1. The van der Waals surface area contributed by atoms with E-state index in [0.29, 0.717) is 11.5 Å². The van der Waals surface area contributed by atoms with Gasteiger partial charge in [-0.1, -0.05) is 4.41 Å². The Bertz CT molecular complexity index is 1370. The second-order valence-electron chi connectivity index (χ2n) is 8.61. The van der Waals surface area contributed by atoms with E-state index in [1.54, 1.807) is 20.8 Å². The standard InChI is InChI=1S/C24H28N2O8S2/c1-24(2,3)34-23(27)25-16-14-21(35(28,29)20-10-6-18(32-4)7-11-20)15-17-26(25)36(30,31)22-12-8-19(33-5)9-13-22/h6-16H,17H2,1-5H3. The van der Waals surface area contributed by atoms with Crippen molar-refractivity contribution in [3.05, 3.63) is 71.8 Å². The summed E-state index contributed by atoms with van der Waals surface area (Å²) in [5.41, 5.74) is -0.932. The predicted molar refractivity (Wildman–Crippen MR) is 132 cm³/mol. The summed E-state index contributed by atoms with van der Waals surface area (Å²) < 4.78 is 69.9. The monoisotopic (exact) mass is 536 g/mol. The number of rotatable bonds is 6. The summed E-state index contributed by atoms with van der Waals surface area (Å²) in [6.07, 6.45) is 2.45. The number of carbonyl (C=O) groups is 1. The van der Waals surface area contributed by atoms with E-state index in [2.05, 4.69) is 0 Å². The minimum Gasteiger partial charge on any atom is -0.497 e. The maximum absolute atomic E-state index is 13.5. The topological polar surface area (TPSA) is 120 Å². The predicted octanol–water partition coefficient (Wildman–Crippen LogP) is 3.73. The summed E-state index contributed by atoms with van der Waals surface area (Å²) in [7, 11) is -5.43. The molecule has 1 aliphatic rings. The summed E-state index contributed by atoms with van der Waals surface area (Å²) in [5.74, 6) is 0.925. The average Bonchev–Trinajstić information content (AvgIpc) is 3.07. The summed E-state index contributed by atoms with van der Waals surface area (Å²) in [6, 6.07) is 11.4. The average molecular weight is 537 g/mol. The van der Waals surface area contributed by atoms with Crippen LogP contribution in [-0.2, 0) is 24.6 Å². The lowest BCUT2D eigenvalue weighted by Gasteiger charge is -2.31. The fraction of sp³-hybridized carbons (Fsp3) is 0.292. The van der Waals surface area contributed by atoms with Gasteiger partial charge in [0.2, 0.25) is 9.84 Å². The lowest BCUT2D eigenvalue weighted by molar-refractivity contribution is 0.00566. The lowest BCUT2D eigenvalue weighted by atomic mass is 10.2. The van der Waals surface area contributed by atoms with Crippen LogP contribution in [0, 0.1) is 0 Å². The molecule has 10 nitrogen and oxygen atoms in total. The van der Waals surface area contributed by atoms with Crippen molar-refractivity contribution in [2.45, 2.75) is 36.2 Å². The molecule has 0 unspecified atom stereocenters. The van der Waals surface area contributed by atoms with E-state index in [1.165, 1.54) is 68.8 Å². The van der Waals surface area contributed by atoms with Crippen LogP contribution in [-0.4, -0.2) is 58.7 Å². The Morgan fingerprint density at radius 1 is 0.833 bits per heavy atom. The first-order valence-corrected chi connectivity index (χ1v) is 13.7. The van der Waals surface area contributed by atoms with Gasteiger partial charge in [0.25, 0.3) is 10.0 Å². The van der Waals surface area contributed by atoms with E-state index >= 15 is 0 Å². The van der Waals surface area contributed by atoms with Crippen LogP contribution in [0.2, 0.25) is 0 Å². The molecule has 1 heterocycles. The van der Waals surface area contributed by atoms with Crippen LogP contribution < -0.4 is 9.47 Å². The molecule has 1 amide bonds. The fourth-order valence-corrected chi connectivity index (χ4v) is 5.82. The van der Waals surface area contributed by atoms with Crippen molar-refractivity contribution in [2.24, 2.45) is 0 Å². The molecule has 0 N–H and O–H groups in total. The van der Waals surface area contributed by atoms with Gasteiger partial charge in [-0.05, 0) is 81.5 Å². The molecular formula is C24H28N2O8S2. The number of nitrogens with zero attached hydrogens (tertiary/aromatic N) is 2. The van der Waals surface area contributed by atoms with Gasteiger partial charge < -0.3 is 14.2 Å². The van der Waals surface area contributed by atoms with Crippen molar-refractivity contribution < 1.29 is 35.8 Å². The fourth-order valence-electron chi connectivity index (χ4n) is 3.18. The Hall–Kier alpha value is -3.35. The van der Waals surface area contributed by atoms with Gasteiger partial charge in [0.15, 0.2) is 0 Å². The minimum atomic E-state index is -4.31. The molecular weight excluding hydrogens is 508 g/mol. The number of amides is 1. The van der Waals surface area contributed by atoms with Crippen LogP contribution in [0.4, 0.5) is 4.79 Å². The van der Waals surface area contributed by atoms with Gasteiger partial charge in [-0.25, -0.2) is 26.6 Å². The maximum Gasteiger partial charge on any atom is 0.430 e. The van der Waals surface area contributed by atoms with E-state index in [-0.39, 0.29) is 14.7 Å². The molecule has 0 saturated heterocycles. The van der Waals surface area contributed by atoms with Gasteiger partial charge in [0, 0.05) is 6.20 Å². The number of ether oxygens (including phenoxy) is 3. The zero-order valence-corrected chi connectivity index (χ0v) is 22.2. The first kappa shape index (κ1) is 27.2. The number of sulfone groups is 1. The van der Waals surface area contributed by atoms with Gasteiger partial charge >= 0.3 is 6.09 Å². The number of allylic oxidation sites excluding steroid dienone is 1. The Morgan fingerprint density at radius 2 is 1.33 bits per heavy atom. The highest BCUT2D eigenvalue weighted by atomic mass is 32.2. The molecule has 3 rings (SSSR count). The second kappa shape index (κ2) is 10.3. The van der Waals surface area contributed by atoms with Gasteiger partial charge in [-0.3, -0.25) is 0 Å². The summed E-state index contributed by atoms with van der Waals surface area (Å²) in [5, 5.41) is 0.748. The SMILES string of the molecule is COc1ccc(S(=O)(=O)C2=CCN(S(=O)(=O)c3ccc(OC)cc3)N(C(=O)OC(C)(C)C)C=C2)cc1. The van der Waals surface area contributed by atoms with Gasteiger partial charge in [0.1, 0.15) is 17.1 Å². The third kappa shape index (κ3) is 5.89. The largest absolute Gasteiger partial charge is 0.497 e. The smallest absolute Gasteiger partial charge is 0.430 e. The highest BCUT2D eigenvalue weighted by Crippen LogP contribution is 2.28. The molecule has 0 saturated carbocycles. The van der Waals surface area contributed by atoms with E-state index in [1.807, 2.05) is 0 Å². The number of benzene rings is 2. The highest BCUT2D eigenvalue weighted by molar-refractivity contribution is 7.95. The molecule has 2 aromatic carbocycles. The lowest BCUT2D eigenvalue weighted by Crippen LogP contribution is -2.48. The van der Waals surface area contributed by atoms with Gasteiger partial charge in [0.05, 0.1) is 35.5 Å². The molecule has 0 bridgehead atoms. The Kier molecular flexibility index (Phi) is 7.82. The first-order valence-electron chi connectivity index (χ1n) is 10.8. The highest BCUT2D eigenvalue weighted by Gasteiger charge is 2.36. The second-order valence-corrected chi connectivity index (χ2v) is 12.4. The summed E-state index contributed by atoms with van der Waals surface area (Å²) in [4.78, 5) is 12.7. The molecule has 0 spiro atoms. The van der Waals surface area contributed by atoms with Crippen LogP contribution in [0.5, 0.6) is 11.5 Å². The molecule has 0 atom stereocenters. The Balaban J connectivity index is 2.06. The number of hydrogen-bond donors (Lipinski definition) is 0. The van der Waals surface area contributed by atoms with Crippen molar-refractivity contribution in [3.63, 3.8) is 0 Å². The molecule has 36 heavy (non-hydrogen) atoms. The van der Waals surface area contributed by atoms with E-state index in [0.717, 1.165) is 21.7 Å². The van der Waals surface area contributed by atoms with Crippen molar-refractivity contribution in [3.8, 4) is 11.5 Å². The number of hydrazine groups is 1. The van der Waals surface area contributed by atoms with Crippen LogP contribution in [0.3, 0.4) is 0 Å². The van der Waals surface area contributed by atoms with Crippen molar-refractivity contribution in [1.82, 2.24) is 9.42 Å². The van der Waals surface area contributed by atoms with Gasteiger partial charge in [-0.15, -0.1) is 0 Å². The molecule has 0 fully saturated rings. The minimum absolute atomic E-state index is 0.0190. The summed E-state index contributed by atoms with van der Waals surface area (Å²) >= 11 is 0. The van der Waals surface area contributed by atoms with Crippen molar-refractivity contribution >= 4 is 26.0 Å². The van der Waals surface area contributed by atoms with Crippen LogP contribution in [0.15, 0.2) is 81.6 Å². The quantitative estimate of drug-likeness (QED) is 0.548. The van der Waals surface area contributed by atoms with E-state index < -0.39 is 38.1 Å². The molecule has 12 heteroatoms. The molecule has 1 aliphatic heterocycles. The molecule has 2 aromatic rings. The number of hydrogen-bond acceptors (Lipinski definition) is 8. The Morgan fingerprint density at radius 3 is 1.81 bits per heavy atom. The van der Waals surface area contributed by atoms with Crippen LogP contribution in [0.25, 0.3) is 0 Å². The zero-order chi connectivity index (χ0) is 26.7. The van der Waals surface area contributed by atoms with Crippen LogP contribution >= 0.6 is 0 Å². The van der Waals surface area contributed by atoms with Crippen molar-refractivity contribution in [2.75, 3.05) is 20.8 Å². The summed E-state index contributed by atoms with van der Waals surface area (Å²) in [6.45, 7) is 4.44. The van der Waals surface area contributed by atoms with E-state index in [4.69, 9.17) is 14.2 Å². The maximum atomic E-state index is 13.5. The number of methoxy groups -OCH3 is 2. The molecule has 0 radical (unpaired) electrons. The molecule has 0 aromatic heterocycles. The normalized spacial score (nSPS) is 15.1.